The first-order chi connectivity index (χ1) is 8.56. The molecule has 0 N–H and O–H groups in total. The van der Waals surface area contributed by atoms with Gasteiger partial charge in [0, 0.05) is 18.7 Å². The summed E-state index contributed by atoms with van der Waals surface area (Å²) < 4.78 is 0. The number of nitrogens with zero attached hydrogens (tertiary/aromatic N) is 2. The number of carbonyl (C=O) groups excluding carboxylic acids is 2. The van der Waals surface area contributed by atoms with E-state index >= 15 is 0 Å². The smallest absolute Gasteiger partial charge is 0.299 e. The summed E-state index contributed by atoms with van der Waals surface area (Å²) in [4.78, 5) is 34.8. The molecule has 2 rings (SSSR count). The zero-order valence-corrected chi connectivity index (χ0v) is 9.62. The number of anilines is 1. The van der Waals surface area contributed by atoms with Gasteiger partial charge in [0.25, 0.3) is 17.4 Å². The van der Waals surface area contributed by atoms with Crippen LogP contribution in [0.1, 0.15) is 17.3 Å². The van der Waals surface area contributed by atoms with Gasteiger partial charge in [-0.15, -0.1) is 0 Å². The van der Waals surface area contributed by atoms with E-state index in [4.69, 9.17) is 0 Å². The van der Waals surface area contributed by atoms with Crippen molar-refractivity contribution >= 4 is 23.1 Å². The van der Waals surface area contributed by atoms with E-state index in [0.29, 0.717) is 5.69 Å². The molecule has 92 valence electrons. The molecule has 1 aliphatic heterocycles. The Bertz CT molecular complexity index is 577. The molecule has 0 atom stereocenters. The van der Waals surface area contributed by atoms with Gasteiger partial charge in [-0.05, 0) is 13.0 Å². The molecule has 1 aromatic rings. The maximum atomic E-state index is 11.7. The van der Waals surface area contributed by atoms with E-state index in [1.54, 1.807) is 19.1 Å². The standard InChI is InChI=1S/C12H10N2O4/c1-2-3-6-13-10-5-4-8(14(17)18)7-9(10)11(15)12(13)16/h2-5,7H,6H2,1H3/b3-2+. The number of benzene rings is 1. The molecule has 1 amide bonds. The first-order valence-corrected chi connectivity index (χ1v) is 5.32. The molecule has 0 fully saturated rings. The Morgan fingerprint density at radius 2 is 2.11 bits per heavy atom. The number of non-ortho nitro benzene ring substituents is 1. The summed E-state index contributed by atoms with van der Waals surface area (Å²) in [5.41, 5.74) is 0.329. The number of carbonyl (C=O) groups is 2. The molecule has 6 heteroatoms. The van der Waals surface area contributed by atoms with E-state index in [1.165, 1.54) is 17.0 Å². The van der Waals surface area contributed by atoms with E-state index in [9.17, 15) is 19.7 Å². The topological polar surface area (TPSA) is 80.5 Å². The second-order valence-corrected chi connectivity index (χ2v) is 3.77. The van der Waals surface area contributed by atoms with Gasteiger partial charge in [0.2, 0.25) is 0 Å². The maximum Gasteiger partial charge on any atom is 0.299 e. The lowest BCUT2D eigenvalue weighted by Crippen LogP contribution is -2.29. The van der Waals surface area contributed by atoms with Crippen molar-refractivity contribution in [2.24, 2.45) is 0 Å². The Morgan fingerprint density at radius 1 is 1.39 bits per heavy atom. The lowest BCUT2D eigenvalue weighted by Gasteiger charge is -2.13. The normalized spacial score (nSPS) is 14.4. The van der Waals surface area contributed by atoms with Crippen molar-refractivity contribution in [3.8, 4) is 0 Å². The van der Waals surface area contributed by atoms with Crippen LogP contribution < -0.4 is 4.90 Å². The highest BCUT2D eigenvalue weighted by atomic mass is 16.6. The van der Waals surface area contributed by atoms with Gasteiger partial charge in [0.1, 0.15) is 0 Å². The number of nitro benzene ring substituents is 1. The van der Waals surface area contributed by atoms with Crippen molar-refractivity contribution in [3.63, 3.8) is 0 Å². The van der Waals surface area contributed by atoms with E-state index in [1.807, 2.05) is 0 Å². The number of Topliss-reactive ketones (excluding diaryl/α,β-unsaturated/α-hetero) is 1. The zero-order valence-electron chi connectivity index (χ0n) is 9.62. The van der Waals surface area contributed by atoms with Gasteiger partial charge < -0.3 is 4.90 Å². The third-order valence-corrected chi connectivity index (χ3v) is 2.69. The van der Waals surface area contributed by atoms with Crippen LogP contribution in [0.25, 0.3) is 0 Å². The van der Waals surface area contributed by atoms with E-state index < -0.39 is 16.6 Å². The van der Waals surface area contributed by atoms with Gasteiger partial charge in [0.05, 0.1) is 16.2 Å². The van der Waals surface area contributed by atoms with Gasteiger partial charge >= 0.3 is 0 Å². The quantitative estimate of drug-likeness (QED) is 0.352. The molecule has 6 nitrogen and oxygen atoms in total. The lowest BCUT2D eigenvalue weighted by molar-refractivity contribution is -0.384. The Morgan fingerprint density at radius 3 is 2.72 bits per heavy atom. The molecule has 0 radical (unpaired) electrons. The number of fused-ring (bicyclic) bond motifs is 1. The van der Waals surface area contributed by atoms with Crippen LogP contribution in [-0.2, 0) is 4.79 Å². The van der Waals surface area contributed by atoms with Gasteiger partial charge in [-0.3, -0.25) is 19.7 Å². The van der Waals surface area contributed by atoms with Crippen LogP contribution in [0.2, 0.25) is 0 Å². The predicted molar refractivity (Wildman–Crippen MR) is 64.6 cm³/mol. The van der Waals surface area contributed by atoms with Gasteiger partial charge in [-0.1, -0.05) is 12.2 Å². The van der Waals surface area contributed by atoms with E-state index in [-0.39, 0.29) is 17.8 Å². The van der Waals surface area contributed by atoms with Crippen LogP contribution >= 0.6 is 0 Å². The number of ketones is 1. The highest BCUT2D eigenvalue weighted by molar-refractivity contribution is 6.52. The zero-order chi connectivity index (χ0) is 13.3. The predicted octanol–water partition coefficient (Wildman–Crippen LogP) is 1.70. The third-order valence-electron chi connectivity index (χ3n) is 2.69. The van der Waals surface area contributed by atoms with Crippen LogP contribution in [-0.4, -0.2) is 23.2 Å². The highest BCUT2D eigenvalue weighted by Gasteiger charge is 2.36. The van der Waals surface area contributed by atoms with Crippen LogP contribution in [0.5, 0.6) is 0 Å². The summed E-state index contributed by atoms with van der Waals surface area (Å²) in [6.07, 6.45) is 3.50. The monoisotopic (exact) mass is 246 g/mol. The summed E-state index contributed by atoms with van der Waals surface area (Å²) in [5.74, 6) is -1.35. The Balaban J connectivity index is 2.47. The second kappa shape index (κ2) is 4.40. The molecular formula is C12H10N2O4. The van der Waals surface area contributed by atoms with Crippen LogP contribution in [0.4, 0.5) is 11.4 Å². The van der Waals surface area contributed by atoms with Crippen molar-refractivity contribution in [2.75, 3.05) is 11.4 Å². The number of hydrogen-bond acceptors (Lipinski definition) is 4. The fourth-order valence-electron chi connectivity index (χ4n) is 1.79. The molecule has 0 bridgehead atoms. The van der Waals surface area contributed by atoms with E-state index in [2.05, 4.69) is 0 Å². The van der Waals surface area contributed by atoms with Gasteiger partial charge in [0.15, 0.2) is 0 Å². The molecule has 1 aliphatic rings. The number of amides is 1. The summed E-state index contributed by atoms with van der Waals surface area (Å²) in [6.45, 7) is 2.09. The second-order valence-electron chi connectivity index (χ2n) is 3.77. The molecule has 0 aromatic heterocycles. The number of allylic oxidation sites excluding steroid dienone is 1. The molecule has 0 saturated heterocycles. The number of hydrogen-bond donors (Lipinski definition) is 0. The largest absolute Gasteiger partial charge is 0.301 e. The summed E-state index contributed by atoms with van der Waals surface area (Å²) >= 11 is 0. The first-order valence-electron chi connectivity index (χ1n) is 5.32. The minimum Gasteiger partial charge on any atom is -0.301 e. The fraction of sp³-hybridized carbons (Fsp3) is 0.167. The van der Waals surface area contributed by atoms with Crippen LogP contribution in [0.15, 0.2) is 30.4 Å². The van der Waals surface area contributed by atoms with Crippen molar-refractivity contribution in [2.45, 2.75) is 6.92 Å². The summed E-state index contributed by atoms with van der Waals surface area (Å²) in [7, 11) is 0. The third kappa shape index (κ3) is 1.77. The number of nitro groups is 1. The SMILES string of the molecule is C/C=C/CN1C(=O)C(=O)c2cc([N+](=O)[O-])ccc21. The molecule has 1 heterocycles. The average molecular weight is 246 g/mol. The minimum absolute atomic E-state index is 0.0960. The molecular weight excluding hydrogens is 236 g/mol. The Labute approximate surface area is 103 Å². The minimum atomic E-state index is -0.696. The van der Waals surface area contributed by atoms with Crippen molar-refractivity contribution in [3.05, 3.63) is 46.0 Å². The van der Waals surface area contributed by atoms with Crippen molar-refractivity contribution in [1.82, 2.24) is 0 Å². The summed E-state index contributed by atoms with van der Waals surface area (Å²) in [5, 5.41) is 10.6. The van der Waals surface area contributed by atoms with Gasteiger partial charge in [-0.25, -0.2) is 0 Å². The average Bonchev–Trinajstić information content (AvgIpc) is 2.60. The van der Waals surface area contributed by atoms with Crippen LogP contribution in [0, 0.1) is 10.1 Å². The van der Waals surface area contributed by atoms with Crippen molar-refractivity contribution in [1.29, 1.82) is 0 Å². The fourth-order valence-corrected chi connectivity index (χ4v) is 1.79. The summed E-state index contributed by atoms with van der Waals surface area (Å²) in [6, 6.07) is 3.86. The number of rotatable bonds is 3. The molecule has 1 aromatic carbocycles. The lowest BCUT2D eigenvalue weighted by atomic mass is 10.1. The molecule has 0 unspecified atom stereocenters. The molecule has 0 saturated carbocycles. The molecule has 0 spiro atoms. The maximum absolute atomic E-state index is 11.7. The first kappa shape index (κ1) is 12.0. The van der Waals surface area contributed by atoms with Crippen molar-refractivity contribution < 1.29 is 14.5 Å². The molecule has 0 aliphatic carbocycles. The van der Waals surface area contributed by atoms with Crippen LogP contribution in [0.3, 0.4) is 0 Å². The Kier molecular flexibility index (Phi) is 2.93. The van der Waals surface area contributed by atoms with E-state index in [0.717, 1.165) is 6.07 Å². The highest BCUT2D eigenvalue weighted by Crippen LogP contribution is 2.31. The molecule has 18 heavy (non-hydrogen) atoms. The van der Waals surface area contributed by atoms with Gasteiger partial charge in [-0.2, -0.15) is 0 Å². The Hall–Kier alpha value is -2.50.